The molecular formula is C20H22F3N5O2. The molecule has 1 saturated heterocycles. The number of nitrogen functional groups attached to an aromatic ring is 1. The number of hydrogen-bond acceptors (Lipinski definition) is 5. The van der Waals surface area contributed by atoms with E-state index in [1.807, 2.05) is 11.1 Å². The number of aromatic nitrogens is 3. The smallest absolute Gasteiger partial charge is 0.402 e. The van der Waals surface area contributed by atoms with Crippen LogP contribution in [0.5, 0.6) is 5.75 Å². The van der Waals surface area contributed by atoms with Gasteiger partial charge in [-0.2, -0.15) is 0 Å². The molecule has 1 amide bonds. The lowest BCUT2D eigenvalue weighted by molar-refractivity contribution is -0.274. The number of carbonyl (C=O) groups excluding carboxylic acids is 1. The highest BCUT2D eigenvalue weighted by molar-refractivity contribution is 5.74. The average Bonchev–Trinajstić information content (AvgIpc) is 3.50. The maximum absolute atomic E-state index is 12.7. The van der Waals surface area contributed by atoms with E-state index in [1.54, 1.807) is 6.92 Å². The Morgan fingerprint density at radius 3 is 2.60 bits per heavy atom. The molecule has 3 heterocycles. The lowest BCUT2D eigenvalue weighted by Gasteiger charge is -2.19. The Morgan fingerprint density at radius 2 is 2.00 bits per heavy atom. The number of alkyl halides is 3. The van der Waals surface area contributed by atoms with E-state index >= 15 is 0 Å². The summed E-state index contributed by atoms with van der Waals surface area (Å²) in [6.07, 6.45) is 1.65. The number of nitrogens with two attached hydrogens (primary N) is 1. The maximum atomic E-state index is 12.7. The molecule has 3 fully saturated rings. The number of fused-ring (bicyclic) bond motifs is 1. The van der Waals surface area contributed by atoms with Crippen molar-refractivity contribution >= 4 is 11.7 Å². The molecule has 160 valence electrons. The zero-order chi connectivity index (χ0) is 21.2. The van der Waals surface area contributed by atoms with Crippen molar-refractivity contribution in [3.8, 4) is 17.0 Å². The van der Waals surface area contributed by atoms with Gasteiger partial charge in [-0.1, -0.05) is 0 Å². The molecule has 3 atom stereocenters. The first-order valence-corrected chi connectivity index (χ1v) is 10.0. The number of ether oxygens (including phenoxy) is 1. The van der Waals surface area contributed by atoms with E-state index in [-0.39, 0.29) is 17.8 Å². The van der Waals surface area contributed by atoms with E-state index in [0.717, 1.165) is 25.3 Å². The van der Waals surface area contributed by atoms with Gasteiger partial charge in [0.25, 0.3) is 0 Å². The molecule has 0 aromatic carbocycles. The predicted octanol–water partition coefficient (Wildman–Crippen LogP) is 3.03. The Balaban J connectivity index is 1.43. The van der Waals surface area contributed by atoms with Crippen LogP contribution in [0.4, 0.5) is 19.0 Å². The number of imidazole rings is 1. The summed E-state index contributed by atoms with van der Waals surface area (Å²) in [5.41, 5.74) is 6.53. The van der Waals surface area contributed by atoms with Crippen LogP contribution in [-0.2, 0) is 11.2 Å². The van der Waals surface area contributed by atoms with Crippen molar-refractivity contribution in [1.82, 2.24) is 19.4 Å². The maximum Gasteiger partial charge on any atom is 0.573 e. The average molecular weight is 421 g/mol. The third-order valence-electron chi connectivity index (χ3n) is 6.30. The number of amides is 1. The van der Waals surface area contributed by atoms with Gasteiger partial charge in [0.1, 0.15) is 5.82 Å². The Morgan fingerprint density at radius 1 is 1.30 bits per heavy atom. The zero-order valence-corrected chi connectivity index (χ0v) is 16.4. The molecule has 2 saturated carbocycles. The monoisotopic (exact) mass is 421 g/mol. The number of pyridine rings is 1. The van der Waals surface area contributed by atoms with Crippen LogP contribution in [0.15, 0.2) is 18.5 Å². The van der Waals surface area contributed by atoms with Gasteiger partial charge < -0.3 is 19.9 Å². The Hall–Kier alpha value is -2.78. The topological polar surface area (TPSA) is 86.3 Å². The third kappa shape index (κ3) is 3.59. The van der Waals surface area contributed by atoms with Crippen LogP contribution < -0.4 is 10.5 Å². The first-order chi connectivity index (χ1) is 14.2. The van der Waals surface area contributed by atoms with Gasteiger partial charge in [-0.15, -0.1) is 13.2 Å². The molecule has 0 radical (unpaired) electrons. The fourth-order valence-corrected chi connectivity index (χ4v) is 4.53. The summed E-state index contributed by atoms with van der Waals surface area (Å²) in [4.78, 5) is 22.1. The molecule has 0 spiro atoms. The number of rotatable bonds is 5. The van der Waals surface area contributed by atoms with Crippen LogP contribution in [0.3, 0.4) is 0 Å². The quantitative estimate of drug-likeness (QED) is 0.802. The second kappa shape index (κ2) is 6.61. The third-order valence-corrected chi connectivity index (χ3v) is 6.30. The molecule has 30 heavy (non-hydrogen) atoms. The molecule has 5 rings (SSSR count). The van der Waals surface area contributed by atoms with Crippen LogP contribution in [0.25, 0.3) is 11.3 Å². The number of carbonyl (C=O) groups is 1. The first kappa shape index (κ1) is 19.2. The largest absolute Gasteiger partial charge is 0.573 e. The summed E-state index contributed by atoms with van der Waals surface area (Å²) < 4.78 is 44.1. The van der Waals surface area contributed by atoms with Crippen LogP contribution in [0.1, 0.15) is 31.6 Å². The number of hydrogen-bond donors (Lipinski definition) is 1. The number of halogens is 3. The Labute approximate surface area is 171 Å². The summed E-state index contributed by atoms with van der Waals surface area (Å²) >= 11 is 0. The van der Waals surface area contributed by atoms with Gasteiger partial charge >= 0.3 is 6.36 Å². The van der Waals surface area contributed by atoms with Crippen molar-refractivity contribution in [2.45, 2.75) is 38.6 Å². The van der Waals surface area contributed by atoms with Gasteiger partial charge in [-0.05, 0) is 24.8 Å². The minimum atomic E-state index is -4.85. The molecular weight excluding hydrogens is 399 g/mol. The van der Waals surface area contributed by atoms with Crippen molar-refractivity contribution in [3.63, 3.8) is 0 Å². The fraction of sp³-hybridized carbons (Fsp3) is 0.550. The highest BCUT2D eigenvalue weighted by atomic mass is 19.4. The predicted molar refractivity (Wildman–Crippen MR) is 101 cm³/mol. The van der Waals surface area contributed by atoms with E-state index < -0.39 is 12.1 Å². The summed E-state index contributed by atoms with van der Waals surface area (Å²) in [5.74, 6) is 1.60. The van der Waals surface area contributed by atoms with Gasteiger partial charge in [0, 0.05) is 62.3 Å². The van der Waals surface area contributed by atoms with Crippen LogP contribution in [0.2, 0.25) is 0 Å². The summed E-state index contributed by atoms with van der Waals surface area (Å²) in [7, 11) is 0. The van der Waals surface area contributed by atoms with Crippen LogP contribution >= 0.6 is 0 Å². The van der Waals surface area contributed by atoms with E-state index in [2.05, 4.69) is 14.3 Å². The molecule has 10 heteroatoms. The van der Waals surface area contributed by atoms with E-state index in [9.17, 15) is 18.0 Å². The van der Waals surface area contributed by atoms with Gasteiger partial charge in [0.15, 0.2) is 11.6 Å². The summed E-state index contributed by atoms with van der Waals surface area (Å²) in [6.45, 7) is 3.07. The molecule has 2 aromatic rings. The molecule has 2 aliphatic carbocycles. The molecule has 2 aromatic heterocycles. The highest BCUT2D eigenvalue weighted by Crippen LogP contribution is 2.56. The van der Waals surface area contributed by atoms with E-state index in [0.29, 0.717) is 29.0 Å². The second-order valence-corrected chi connectivity index (χ2v) is 8.49. The van der Waals surface area contributed by atoms with Crippen molar-refractivity contribution in [2.24, 2.45) is 17.8 Å². The number of nitrogens with zero attached hydrogens (tertiary/aromatic N) is 4. The number of piperidine rings is 1. The highest BCUT2D eigenvalue weighted by Gasteiger charge is 2.58. The minimum Gasteiger partial charge on any atom is -0.402 e. The minimum absolute atomic E-state index is 0.0932. The first-order valence-electron chi connectivity index (χ1n) is 10.0. The number of likely N-dealkylation sites (tertiary alicyclic amines) is 1. The molecule has 1 unspecified atom stereocenters. The zero-order valence-electron chi connectivity index (χ0n) is 16.4. The van der Waals surface area contributed by atoms with Gasteiger partial charge in [-0.25, -0.2) is 9.97 Å². The normalized spacial score (nSPS) is 25.3. The second-order valence-electron chi connectivity index (χ2n) is 8.49. The van der Waals surface area contributed by atoms with Crippen molar-refractivity contribution in [1.29, 1.82) is 0 Å². The Kier molecular flexibility index (Phi) is 4.23. The van der Waals surface area contributed by atoms with E-state index in [4.69, 9.17) is 10.7 Å². The van der Waals surface area contributed by atoms with E-state index in [1.165, 1.54) is 25.1 Å². The molecule has 2 N–H and O–H groups in total. The lowest BCUT2D eigenvalue weighted by Crippen LogP contribution is -2.29. The van der Waals surface area contributed by atoms with Gasteiger partial charge in [0.2, 0.25) is 5.91 Å². The van der Waals surface area contributed by atoms with Gasteiger partial charge in [0.05, 0.1) is 5.69 Å². The van der Waals surface area contributed by atoms with Crippen molar-refractivity contribution in [2.75, 3.05) is 18.8 Å². The molecule has 7 nitrogen and oxygen atoms in total. The summed E-state index contributed by atoms with van der Waals surface area (Å²) in [6, 6.07) is 1.51. The van der Waals surface area contributed by atoms with Crippen molar-refractivity contribution in [3.05, 3.63) is 24.3 Å². The molecule has 1 aliphatic heterocycles. The van der Waals surface area contributed by atoms with Gasteiger partial charge in [-0.3, -0.25) is 4.79 Å². The van der Waals surface area contributed by atoms with Crippen LogP contribution in [-0.4, -0.2) is 44.8 Å². The fourth-order valence-electron chi connectivity index (χ4n) is 4.53. The number of anilines is 1. The molecule has 3 aliphatic rings. The Bertz CT molecular complexity index is 989. The lowest BCUT2D eigenvalue weighted by atomic mass is 10.2. The molecule has 0 bridgehead atoms. The summed E-state index contributed by atoms with van der Waals surface area (Å²) in [5, 5.41) is 0. The van der Waals surface area contributed by atoms with Crippen molar-refractivity contribution < 1.29 is 22.7 Å². The van der Waals surface area contributed by atoms with Crippen LogP contribution in [0, 0.1) is 17.8 Å². The standard InChI is InChI=1S/C20H22F3N5O2/c1-10(29)27-7-13-14(8-27)18(13)28-9-15(26-17(28)4-11-2-3-11)12-5-16(19(24)25-6-12)30-20(21,22)23/h5-6,9,11,13-14,18H,2-4,7-8H2,1H3,(H2,24,25)/t13-,14+,18?. The SMILES string of the molecule is CC(=O)N1C[C@@H]2C(n3cc(-c4cnc(N)c(OC(F)(F)F)c4)nc3CC3CC3)[C@@H]2C1.